The van der Waals surface area contributed by atoms with E-state index in [-0.39, 0.29) is 12.5 Å². The summed E-state index contributed by atoms with van der Waals surface area (Å²) in [5.41, 5.74) is 0.889. The van der Waals surface area contributed by atoms with Gasteiger partial charge in [-0.25, -0.2) is 0 Å². The summed E-state index contributed by atoms with van der Waals surface area (Å²) in [5, 5.41) is 11.7. The summed E-state index contributed by atoms with van der Waals surface area (Å²) in [6.45, 7) is 2.83. The highest BCUT2D eigenvalue weighted by Crippen LogP contribution is 2.17. The summed E-state index contributed by atoms with van der Waals surface area (Å²) in [4.78, 5) is 12.4. The fraction of sp³-hybridized carbons (Fsp3) is 0.417. The number of hydrogen-bond donors (Lipinski definition) is 2. The molecule has 0 unspecified atom stereocenters. The van der Waals surface area contributed by atoms with Crippen LogP contribution in [0.5, 0.6) is 0 Å². The van der Waals surface area contributed by atoms with Gasteiger partial charge in [-0.3, -0.25) is 4.79 Å². The van der Waals surface area contributed by atoms with Gasteiger partial charge >= 0.3 is 0 Å². The molecule has 0 atom stereocenters. The van der Waals surface area contributed by atoms with Crippen LogP contribution >= 0.6 is 11.8 Å². The number of carbonyl (C=O) groups is 1. The molecule has 0 aromatic heterocycles. The standard InChI is InChI=1S/C12H17NO2S/c1-2-7-13-12(15)9-16-11-5-3-10(8-14)4-6-11/h3-6,14H,2,7-9H2,1H3,(H,13,15). The second-order valence-corrected chi connectivity index (χ2v) is 4.49. The Labute approximate surface area is 100 Å². The molecule has 1 rings (SSSR count). The molecule has 0 aliphatic rings. The largest absolute Gasteiger partial charge is 0.392 e. The molecule has 16 heavy (non-hydrogen) atoms. The molecular formula is C12H17NO2S. The molecule has 3 nitrogen and oxygen atoms in total. The van der Waals surface area contributed by atoms with Crippen LogP contribution in [0.25, 0.3) is 0 Å². The van der Waals surface area contributed by atoms with E-state index >= 15 is 0 Å². The molecule has 4 heteroatoms. The van der Waals surface area contributed by atoms with E-state index in [1.807, 2.05) is 31.2 Å². The number of aliphatic hydroxyl groups excluding tert-OH is 1. The first-order valence-electron chi connectivity index (χ1n) is 5.35. The predicted octanol–water partition coefficient (Wildman–Crippen LogP) is 1.80. The van der Waals surface area contributed by atoms with Crippen LogP contribution in [0.15, 0.2) is 29.2 Å². The number of hydrogen-bond acceptors (Lipinski definition) is 3. The van der Waals surface area contributed by atoms with Crippen molar-refractivity contribution in [2.24, 2.45) is 0 Å². The predicted molar refractivity (Wildman–Crippen MR) is 66.4 cm³/mol. The Kier molecular flexibility index (Phi) is 5.96. The molecule has 0 aliphatic carbocycles. The van der Waals surface area contributed by atoms with Crippen LogP contribution in [-0.2, 0) is 11.4 Å². The number of amides is 1. The molecule has 2 N–H and O–H groups in total. The fourth-order valence-electron chi connectivity index (χ4n) is 1.16. The Bertz CT molecular complexity index is 324. The number of rotatable bonds is 6. The van der Waals surface area contributed by atoms with Crippen molar-refractivity contribution in [3.05, 3.63) is 29.8 Å². The highest BCUT2D eigenvalue weighted by atomic mass is 32.2. The number of benzene rings is 1. The number of aliphatic hydroxyl groups is 1. The van der Waals surface area contributed by atoms with Crippen molar-refractivity contribution in [2.75, 3.05) is 12.3 Å². The van der Waals surface area contributed by atoms with Crippen molar-refractivity contribution in [1.29, 1.82) is 0 Å². The molecule has 1 aromatic rings. The van der Waals surface area contributed by atoms with Gasteiger partial charge < -0.3 is 10.4 Å². The van der Waals surface area contributed by atoms with Crippen molar-refractivity contribution in [3.8, 4) is 0 Å². The van der Waals surface area contributed by atoms with Gasteiger partial charge in [0.05, 0.1) is 12.4 Å². The highest BCUT2D eigenvalue weighted by molar-refractivity contribution is 8.00. The maximum Gasteiger partial charge on any atom is 0.230 e. The number of thioether (sulfide) groups is 1. The number of carbonyl (C=O) groups excluding carboxylic acids is 1. The minimum atomic E-state index is 0.0575. The molecule has 0 heterocycles. The van der Waals surface area contributed by atoms with Gasteiger partial charge in [0.2, 0.25) is 5.91 Å². The third kappa shape index (κ3) is 4.68. The van der Waals surface area contributed by atoms with Crippen LogP contribution in [-0.4, -0.2) is 23.3 Å². The van der Waals surface area contributed by atoms with Gasteiger partial charge in [0.15, 0.2) is 0 Å². The average Bonchev–Trinajstić information content (AvgIpc) is 2.34. The molecule has 88 valence electrons. The van der Waals surface area contributed by atoms with Gasteiger partial charge in [-0.1, -0.05) is 19.1 Å². The first kappa shape index (κ1) is 13.1. The van der Waals surface area contributed by atoms with Crippen molar-refractivity contribution < 1.29 is 9.90 Å². The normalized spacial score (nSPS) is 10.1. The quantitative estimate of drug-likeness (QED) is 0.744. The minimum Gasteiger partial charge on any atom is -0.392 e. The Morgan fingerprint density at radius 2 is 2.06 bits per heavy atom. The van der Waals surface area contributed by atoms with Gasteiger partial charge in [-0.2, -0.15) is 0 Å². The molecule has 0 aliphatic heterocycles. The first-order chi connectivity index (χ1) is 7.76. The lowest BCUT2D eigenvalue weighted by atomic mass is 10.2. The third-order valence-electron chi connectivity index (χ3n) is 2.05. The second kappa shape index (κ2) is 7.30. The van der Waals surface area contributed by atoms with Gasteiger partial charge in [0.1, 0.15) is 0 Å². The van der Waals surface area contributed by atoms with E-state index in [9.17, 15) is 4.79 Å². The van der Waals surface area contributed by atoms with Gasteiger partial charge in [-0.05, 0) is 24.1 Å². The fourth-order valence-corrected chi connectivity index (χ4v) is 1.88. The van der Waals surface area contributed by atoms with E-state index in [1.165, 1.54) is 11.8 Å². The molecule has 0 fully saturated rings. The van der Waals surface area contributed by atoms with Crippen LogP contribution in [0.3, 0.4) is 0 Å². The summed E-state index contributed by atoms with van der Waals surface area (Å²) in [7, 11) is 0. The zero-order chi connectivity index (χ0) is 11.8. The molecule has 0 spiro atoms. The third-order valence-corrected chi connectivity index (χ3v) is 3.06. The van der Waals surface area contributed by atoms with E-state index in [2.05, 4.69) is 5.32 Å². The van der Waals surface area contributed by atoms with Crippen molar-refractivity contribution in [1.82, 2.24) is 5.32 Å². The van der Waals surface area contributed by atoms with Crippen LogP contribution in [0.2, 0.25) is 0 Å². The lowest BCUT2D eigenvalue weighted by Gasteiger charge is -2.04. The van der Waals surface area contributed by atoms with E-state index in [4.69, 9.17) is 5.11 Å². The number of nitrogens with one attached hydrogen (secondary N) is 1. The van der Waals surface area contributed by atoms with Gasteiger partial charge in [0, 0.05) is 11.4 Å². The molecule has 1 amide bonds. The minimum absolute atomic E-state index is 0.0575. The Balaban J connectivity index is 2.33. The smallest absolute Gasteiger partial charge is 0.230 e. The van der Waals surface area contributed by atoms with E-state index in [0.717, 1.165) is 23.4 Å². The van der Waals surface area contributed by atoms with Crippen LogP contribution in [0, 0.1) is 0 Å². The highest BCUT2D eigenvalue weighted by Gasteiger charge is 2.01. The lowest BCUT2D eigenvalue weighted by molar-refractivity contribution is -0.118. The van der Waals surface area contributed by atoms with E-state index in [1.54, 1.807) is 0 Å². The van der Waals surface area contributed by atoms with Crippen molar-refractivity contribution in [2.45, 2.75) is 24.8 Å². The first-order valence-corrected chi connectivity index (χ1v) is 6.34. The topological polar surface area (TPSA) is 49.3 Å². The van der Waals surface area contributed by atoms with Gasteiger partial charge in [0.25, 0.3) is 0 Å². The van der Waals surface area contributed by atoms with Gasteiger partial charge in [-0.15, -0.1) is 11.8 Å². The van der Waals surface area contributed by atoms with Crippen LogP contribution in [0.1, 0.15) is 18.9 Å². The molecule has 0 bridgehead atoms. The molecule has 0 radical (unpaired) electrons. The monoisotopic (exact) mass is 239 g/mol. The van der Waals surface area contributed by atoms with Crippen molar-refractivity contribution >= 4 is 17.7 Å². The Morgan fingerprint density at radius 1 is 1.38 bits per heavy atom. The zero-order valence-electron chi connectivity index (χ0n) is 9.40. The lowest BCUT2D eigenvalue weighted by Crippen LogP contribution is -2.25. The zero-order valence-corrected chi connectivity index (χ0v) is 10.2. The maximum atomic E-state index is 11.3. The average molecular weight is 239 g/mol. The van der Waals surface area contributed by atoms with Crippen LogP contribution < -0.4 is 5.32 Å². The molecule has 0 saturated heterocycles. The second-order valence-electron chi connectivity index (χ2n) is 3.44. The molecule has 1 aromatic carbocycles. The van der Waals surface area contributed by atoms with Crippen molar-refractivity contribution in [3.63, 3.8) is 0 Å². The Hall–Kier alpha value is -1.00. The SMILES string of the molecule is CCCNC(=O)CSc1ccc(CO)cc1. The summed E-state index contributed by atoms with van der Waals surface area (Å²) >= 11 is 1.50. The summed E-state index contributed by atoms with van der Waals surface area (Å²) < 4.78 is 0. The molecular weight excluding hydrogens is 222 g/mol. The summed E-state index contributed by atoms with van der Waals surface area (Å²) in [6.07, 6.45) is 0.960. The van der Waals surface area contributed by atoms with E-state index in [0.29, 0.717) is 5.75 Å². The van der Waals surface area contributed by atoms with Crippen LogP contribution in [0.4, 0.5) is 0 Å². The van der Waals surface area contributed by atoms with E-state index < -0.39 is 0 Å². The molecule has 0 saturated carbocycles. The maximum absolute atomic E-state index is 11.3. The summed E-state index contributed by atoms with van der Waals surface area (Å²) in [5.74, 6) is 0.511. The Morgan fingerprint density at radius 3 is 2.62 bits per heavy atom. The summed E-state index contributed by atoms with van der Waals surface area (Å²) in [6, 6.07) is 7.57.